The lowest BCUT2D eigenvalue weighted by Crippen LogP contribution is -2.04. The maximum Gasteiger partial charge on any atom is 0.126 e. The van der Waals surface area contributed by atoms with Crippen LogP contribution in [0.3, 0.4) is 0 Å². The first-order valence-corrected chi connectivity index (χ1v) is 6.56. The molecule has 0 aliphatic rings. The zero-order valence-corrected chi connectivity index (χ0v) is 12.1. The lowest BCUT2D eigenvalue weighted by atomic mass is 10.1. The molecule has 0 fully saturated rings. The number of nitrogen functional groups attached to an aromatic ring is 1. The van der Waals surface area contributed by atoms with E-state index in [1.54, 1.807) is 6.20 Å². The van der Waals surface area contributed by atoms with Crippen LogP contribution in [0.4, 0.5) is 11.5 Å². The van der Waals surface area contributed by atoms with Gasteiger partial charge in [-0.15, -0.1) is 0 Å². The summed E-state index contributed by atoms with van der Waals surface area (Å²) in [6, 6.07) is 8.22. The van der Waals surface area contributed by atoms with Crippen LogP contribution in [0.15, 0.2) is 34.9 Å². The molecule has 3 nitrogen and oxygen atoms in total. The third-order valence-corrected chi connectivity index (χ3v) is 3.42. The molecule has 0 bridgehead atoms. The van der Waals surface area contributed by atoms with Gasteiger partial charge in [0.1, 0.15) is 5.82 Å². The van der Waals surface area contributed by atoms with Crippen LogP contribution in [-0.4, -0.2) is 4.98 Å². The molecular weight excluding hydrogens is 290 g/mol. The minimum atomic E-state index is 0.721. The number of nitrogens with one attached hydrogen (secondary N) is 1. The number of benzene rings is 1. The van der Waals surface area contributed by atoms with Crippen LogP contribution in [0.2, 0.25) is 0 Å². The van der Waals surface area contributed by atoms with Crippen molar-refractivity contribution in [1.29, 1.82) is 0 Å². The molecule has 0 radical (unpaired) electrons. The van der Waals surface area contributed by atoms with E-state index in [9.17, 15) is 0 Å². The molecule has 94 valence electrons. The van der Waals surface area contributed by atoms with E-state index in [2.05, 4.69) is 45.3 Å². The number of anilines is 2. The Hall–Kier alpha value is -1.55. The molecule has 0 aliphatic heterocycles. The molecular formula is C14H16BrN3. The number of rotatable bonds is 3. The molecule has 0 aliphatic carbocycles. The van der Waals surface area contributed by atoms with Crippen LogP contribution >= 0.6 is 15.9 Å². The van der Waals surface area contributed by atoms with Crippen LogP contribution in [0, 0.1) is 13.8 Å². The van der Waals surface area contributed by atoms with Crippen molar-refractivity contribution in [2.75, 3.05) is 11.1 Å². The molecule has 1 heterocycles. The van der Waals surface area contributed by atoms with Crippen molar-refractivity contribution in [2.24, 2.45) is 0 Å². The monoisotopic (exact) mass is 305 g/mol. The first-order chi connectivity index (χ1) is 8.56. The second-order valence-corrected chi connectivity index (χ2v) is 5.27. The molecule has 0 atom stereocenters. The van der Waals surface area contributed by atoms with E-state index in [4.69, 9.17) is 5.73 Å². The third-order valence-electron chi connectivity index (χ3n) is 2.92. The summed E-state index contributed by atoms with van der Waals surface area (Å²) >= 11 is 3.48. The molecule has 0 saturated carbocycles. The fourth-order valence-corrected chi connectivity index (χ4v) is 2.09. The Morgan fingerprint density at radius 3 is 2.72 bits per heavy atom. The van der Waals surface area contributed by atoms with Crippen molar-refractivity contribution >= 4 is 27.4 Å². The van der Waals surface area contributed by atoms with Gasteiger partial charge in [-0.05, 0) is 48.7 Å². The lowest BCUT2D eigenvalue weighted by molar-refractivity contribution is 1.08. The highest BCUT2D eigenvalue weighted by atomic mass is 79.9. The Morgan fingerprint density at radius 2 is 2.00 bits per heavy atom. The Balaban J connectivity index is 2.11. The summed E-state index contributed by atoms with van der Waals surface area (Å²) in [4.78, 5) is 4.26. The normalized spacial score (nSPS) is 10.4. The van der Waals surface area contributed by atoms with Crippen LogP contribution in [0.1, 0.15) is 16.7 Å². The predicted molar refractivity (Wildman–Crippen MR) is 79.6 cm³/mol. The minimum absolute atomic E-state index is 0.721. The highest BCUT2D eigenvalue weighted by Crippen LogP contribution is 2.18. The standard InChI is InChI=1S/C14H16BrN3/c1-9-3-4-12(15)6-11(9)7-17-14-5-10(2)13(16)8-18-14/h3-6,8H,7,16H2,1-2H3,(H,17,18). The van der Waals surface area contributed by atoms with Crippen molar-refractivity contribution in [2.45, 2.75) is 20.4 Å². The van der Waals surface area contributed by atoms with Gasteiger partial charge in [0, 0.05) is 11.0 Å². The Bertz CT molecular complexity index is 567. The molecule has 18 heavy (non-hydrogen) atoms. The third kappa shape index (κ3) is 3.01. The summed E-state index contributed by atoms with van der Waals surface area (Å²) in [5.41, 5.74) is 10.0. The minimum Gasteiger partial charge on any atom is -0.397 e. The molecule has 0 saturated heterocycles. The van der Waals surface area contributed by atoms with E-state index >= 15 is 0 Å². The average molecular weight is 306 g/mol. The van der Waals surface area contributed by atoms with Gasteiger partial charge in [-0.3, -0.25) is 0 Å². The number of aromatic nitrogens is 1. The van der Waals surface area contributed by atoms with Crippen molar-refractivity contribution in [3.8, 4) is 0 Å². The van der Waals surface area contributed by atoms with Gasteiger partial charge in [-0.1, -0.05) is 22.0 Å². The highest BCUT2D eigenvalue weighted by Gasteiger charge is 2.01. The second kappa shape index (κ2) is 5.40. The first kappa shape index (κ1) is 12.9. The molecule has 4 heteroatoms. The van der Waals surface area contributed by atoms with Crippen LogP contribution in [-0.2, 0) is 6.54 Å². The number of pyridine rings is 1. The molecule has 0 unspecified atom stereocenters. The fourth-order valence-electron chi connectivity index (χ4n) is 1.68. The summed E-state index contributed by atoms with van der Waals surface area (Å²) in [6.45, 7) is 4.83. The summed E-state index contributed by atoms with van der Waals surface area (Å²) in [5, 5.41) is 3.31. The fraction of sp³-hybridized carbons (Fsp3) is 0.214. The van der Waals surface area contributed by atoms with Gasteiger partial charge in [0.25, 0.3) is 0 Å². The van der Waals surface area contributed by atoms with Crippen LogP contribution in [0.25, 0.3) is 0 Å². The highest BCUT2D eigenvalue weighted by molar-refractivity contribution is 9.10. The number of halogens is 1. The zero-order valence-electron chi connectivity index (χ0n) is 10.5. The van der Waals surface area contributed by atoms with Gasteiger partial charge < -0.3 is 11.1 Å². The Labute approximate surface area is 116 Å². The number of hydrogen-bond donors (Lipinski definition) is 2. The van der Waals surface area contributed by atoms with Crippen LogP contribution < -0.4 is 11.1 Å². The van der Waals surface area contributed by atoms with Crippen molar-refractivity contribution < 1.29 is 0 Å². The molecule has 0 spiro atoms. The van der Waals surface area contributed by atoms with Gasteiger partial charge in [0.15, 0.2) is 0 Å². The maximum atomic E-state index is 5.74. The van der Waals surface area contributed by atoms with Crippen molar-refractivity contribution in [3.63, 3.8) is 0 Å². The van der Waals surface area contributed by atoms with Gasteiger partial charge in [-0.2, -0.15) is 0 Å². The summed E-state index contributed by atoms with van der Waals surface area (Å²) in [7, 11) is 0. The molecule has 2 rings (SSSR count). The van der Waals surface area contributed by atoms with Gasteiger partial charge in [0.05, 0.1) is 11.9 Å². The van der Waals surface area contributed by atoms with Crippen molar-refractivity contribution in [1.82, 2.24) is 4.98 Å². The van der Waals surface area contributed by atoms with E-state index in [0.29, 0.717) is 0 Å². The average Bonchev–Trinajstić information content (AvgIpc) is 2.34. The van der Waals surface area contributed by atoms with Gasteiger partial charge >= 0.3 is 0 Å². The lowest BCUT2D eigenvalue weighted by Gasteiger charge is -2.10. The van der Waals surface area contributed by atoms with E-state index < -0.39 is 0 Å². The second-order valence-electron chi connectivity index (χ2n) is 4.35. The SMILES string of the molecule is Cc1cc(NCc2cc(Br)ccc2C)ncc1N. The summed E-state index contributed by atoms with van der Waals surface area (Å²) in [5.74, 6) is 0.848. The summed E-state index contributed by atoms with van der Waals surface area (Å²) in [6.07, 6.45) is 1.69. The maximum absolute atomic E-state index is 5.74. The predicted octanol–water partition coefficient (Wildman–Crippen LogP) is 3.66. The first-order valence-electron chi connectivity index (χ1n) is 5.77. The van der Waals surface area contributed by atoms with Crippen LogP contribution in [0.5, 0.6) is 0 Å². The van der Waals surface area contributed by atoms with E-state index in [-0.39, 0.29) is 0 Å². The Morgan fingerprint density at radius 1 is 1.22 bits per heavy atom. The van der Waals surface area contributed by atoms with E-state index in [1.165, 1.54) is 11.1 Å². The van der Waals surface area contributed by atoms with Crippen molar-refractivity contribution in [3.05, 3.63) is 51.6 Å². The molecule has 1 aromatic heterocycles. The number of nitrogens with zero attached hydrogens (tertiary/aromatic N) is 1. The topological polar surface area (TPSA) is 50.9 Å². The van der Waals surface area contributed by atoms with E-state index in [1.807, 2.05) is 19.1 Å². The smallest absolute Gasteiger partial charge is 0.126 e. The summed E-state index contributed by atoms with van der Waals surface area (Å²) < 4.78 is 1.09. The molecule has 2 aromatic rings. The van der Waals surface area contributed by atoms with Gasteiger partial charge in [0.2, 0.25) is 0 Å². The largest absolute Gasteiger partial charge is 0.397 e. The molecule has 1 aromatic carbocycles. The zero-order chi connectivity index (χ0) is 13.1. The Kier molecular flexibility index (Phi) is 3.87. The molecule has 3 N–H and O–H groups in total. The molecule has 0 amide bonds. The number of hydrogen-bond acceptors (Lipinski definition) is 3. The number of aryl methyl sites for hydroxylation is 2. The van der Waals surface area contributed by atoms with E-state index in [0.717, 1.165) is 28.1 Å². The van der Waals surface area contributed by atoms with Gasteiger partial charge in [-0.25, -0.2) is 4.98 Å². The number of nitrogens with two attached hydrogens (primary N) is 1. The quantitative estimate of drug-likeness (QED) is 0.910.